The zero-order valence-corrected chi connectivity index (χ0v) is 15.6. The Hall–Kier alpha value is -2.33. The minimum atomic E-state index is -0.0201. The molecule has 1 unspecified atom stereocenters. The predicted octanol–water partition coefficient (Wildman–Crippen LogP) is 3.91. The van der Waals surface area contributed by atoms with Gasteiger partial charge in [0, 0.05) is 11.5 Å². The van der Waals surface area contributed by atoms with Gasteiger partial charge in [-0.2, -0.15) is 0 Å². The van der Waals surface area contributed by atoms with Gasteiger partial charge in [0.2, 0.25) is 5.91 Å². The van der Waals surface area contributed by atoms with Gasteiger partial charge in [-0.05, 0) is 49.4 Å². The SMILES string of the molecule is COc1ccccc1-c1ccc(C(C)NC(=O)[C@@H]2CCC[C@@H]2CN)cc1. The zero-order chi connectivity index (χ0) is 18.5. The molecular formula is C22H28N2O2. The van der Waals surface area contributed by atoms with E-state index in [1.54, 1.807) is 7.11 Å². The number of nitrogens with two attached hydrogens (primary N) is 1. The average molecular weight is 352 g/mol. The van der Waals surface area contributed by atoms with Crippen molar-refractivity contribution in [1.82, 2.24) is 5.32 Å². The van der Waals surface area contributed by atoms with Crippen LogP contribution in [0.3, 0.4) is 0 Å². The molecule has 0 spiro atoms. The van der Waals surface area contributed by atoms with Crippen molar-refractivity contribution in [3.05, 3.63) is 54.1 Å². The van der Waals surface area contributed by atoms with Gasteiger partial charge in [0.05, 0.1) is 13.2 Å². The first-order chi connectivity index (χ1) is 12.6. The molecule has 2 aromatic rings. The molecule has 3 atom stereocenters. The van der Waals surface area contributed by atoms with Gasteiger partial charge >= 0.3 is 0 Å². The number of carbonyl (C=O) groups is 1. The lowest BCUT2D eigenvalue weighted by Crippen LogP contribution is -2.36. The summed E-state index contributed by atoms with van der Waals surface area (Å²) in [6, 6.07) is 16.3. The molecule has 4 nitrogen and oxygen atoms in total. The Morgan fingerprint density at radius 3 is 2.62 bits per heavy atom. The van der Waals surface area contributed by atoms with Crippen molar-refractivity contribution in [3.63, 3.8) is 0 Å². The third-order valence-electron chi connectivity index (χ3n) is 5.49. The summed E-state index contributed by atoms with van der Waals surface area (Å²) < 4.78 is 5.44. The normalized spacial score (nSPS) is 20.6. The van der Waals surface area contributed by atoms with Crippen molar-refractivity contribution in [2.24, 2.45) is 17.6 Å². The zero-order valence-electron chi connectivity index (χ0n) is 15.6. The molecule has 1 saturated carbocycles. The van der Waals surface area contributed by atoms with Crippen molar-refractivity contribution in [2.75, 3.05) is 13.7 Å². The minimum absolute atomic E-state index is 0.0201. The highest BCUT2D eigenvalue weighted by Gasteiger charge is 2.32. The van der Waals surface area contributed by atoms with Crippen molar-refractivity contribution in [3.8, 4) is 16.9 Å². The fourth-order valence-corrected chi connectivity index (χ4v) is 3.90. The summed E-state index contributed by atoms with van der Waals surface area (Å²) in [7, 11) is 1.68. The summed E-state index contributed by atoms with van der Waals surface area (Å²) in [5, 5.41) is 3.17. The summed E-state index contributed by atoms with van der Waals surface area (Å²) in [6.45, 7) is 2.63. The molecule has 4 heteroatoms. The lowest BCUT2D eigenvalue weighted by atomic mass is 9.94. The van der Waals surface area contributed by atoms with Crippen LogP contribution in [0.5, 0.6) is 5.75 Å². The molecule has 0 aliphatic heterocycles. The highest BCUT2D eigenvalue weighted by atomic mass is 16.5. The van der Waals surface area contributed by atoms with Crippen LogP contribution in [0, 0.1) is 11.8 Å². The Morgan fingerprint density at radius 1 is 1.19 bits per heavy atom. The maximum Gasteiger partial charge on any atom is 0.223 e. The van der Waals surface area contributed by atoms with Crippen LogP contribution in [0.1, 0.15) is 37.8 Å². The fraction of sp³-hybridized carbons (Fsp3) is 0.409. The first-order valence-electron chi connectivity index (χ1n) is 9.37. The summed E-state index contributed by atoms with van der Waals surface area (Å²) in [6.07, 6.45) is 3.12. The third kappa shape index (κ3) is 3.91. The lowest BCUT2D eigenvalue weighted by Gasteiger charge is -2.21. The number of para-hydroxylation sites is 1. The molecule has 3 rings (SSSR count). The number of hydrogen-bond acceptors (Lipinski definition) is 3. The van der Waals surface area contributed by atoms with Crippen LogP contribution in [0.25, 0.3) is 11.1 Å². The van der Waals surface area contributed by atoms with E-state index in [4.69, 9.17) is 10.5 Å². The van der Waals surface area contributed by atoms with E-state index in [9.17, 15) is 4.79 Å². The van der Waals surface area contributed by atoms with Gasteiger partial charge in [-0.3, -0.25) is 4.79 Å². The van der Waals surface area contributed by atoms with E-state index < -0.39 is 0 Å². The Balaban J connectivity index is 1.69. The molecule has 1 amide bonds. The van der Waals surface area contributed by atoms with Crippen LogP contribution in [0.2, 0.25) is 0 Å². The first kappa shape index (κ1) is 18.5. The van der Waals surface area contributed by atoms with Crippen molar-refractivity contribution >= 4 is 5.91 Å². The number of hydrogen-bond donors (Lipinski definition) is 2. The number of rotatable bonds is 6. The fourth-order valence-electron chi connectivity index (χ4n) is 3.90. The van der Waals surface area contributed by atoms with E-state index in [-0.39, 0.29) is 17.9 Å². The lowest BCUT2D eigenvalue weighted by molar-refractivity contribution is -0.126. The Morgan fingerprint density at radius 2 is 1.92 bits per heavy atom. The van der Waals surface area contributed by atoms with Crippen LogP contribution in [0.15, 0.2) is 48.5 Å². The van der Waals surface area contributed by atoms with Crippen LogP contribution in [0.4, 0.5) is 0 Å². The second-order valence-electron chi connectivity index (χ2n) is 7.09. The molecule has 0 aromatic heterocycles. The standard InChI is InChI=1S/C22H28N2O2/c1-15(24-22(25)20-8-5-6-18(20)14-23)16-10-12-17(13-11-16)19-7-3-4-9-21(19)26-2/h3-4,7,9-13,15,18,20H,5-6,8,14,23H2,1-2H3,(H,24,25)/t15?,18-,20-/m1/s1. The molecule has 26 heavy (non-hydrogen) atoms. The molecule has 0 radical (unpaired) electrons. The van der Waals surface area contributed by atoms with E-state index in [1.165, 1.54) is 0 Å². The predicted molar refractivity (Wildman–Crippen MR) is 105 cm³/mol. The van der Waals surface area contributed by atoms with Gasteiger partial charge in [0.1, 0.15) is 5.75 Å². The molecule has 0 heterocycles. The topological polar surface area (TPSA) is 64.3 Å². The molecule has 1 fully saturated rings. The van der Waals surface area contributed by atoms with E-state index in [0.717, 1.165) is 41.7 Å². The number of ether oxygens (including phenoxy) is 1. The minimum Gasteiger partial charge on any atom is -0.496 e. The first-order valence-corrected chi connectivity index (χ1v) is 9.37. The molecule has 0 bridgehead atoms. The van der Waals surface area contributed by atoms with E-state index in [2.05, 4.69) is 29.6 Å². The molecule has 138 valence electrons. The van der Waals surface area contributed by atoms with Crippen LogP contribution >= 0.6 is 0 Å². The summed E-state index contributed by atoms with van der Waals surface area (Å²) in [5.41, 5.74) is 9.07. The van der Waals surface area contributed by atoms with Gasteiger partial charge in [0.15, 0.2) is 0 Å². The van der Waals surface area contributed by atoms with Gasteiger partial charge < -0.3 is 15.8 Å². The summed E-state index contributed by atoms with van der Waals surface area (Å²) in [4.78, 5) is 12.6. The molecule has 3 N–H and O–H groups in total. The highest BCUT2D eigenvalue weighted by Crippen LogP contribution is 2.32. The second-order valence-corrected chi connectivity index (χ2v) is 7.09. The van der Waals surface area contributed by atoms with Crippen LogP contribution in [-0.2, 0) is 4.79 Å². The van der Waals surface area contributed by atoms with Gasteiger partial charge in [-0.15, -0.1) is 0 Å². The van der Waals surface area contributed by atoms with Gasteiger partial charge in [0.25, 0.3) is 0 Å². The summed E-state index contributed by atoms with van der Waals surface area (Å²) in [5.74, 6) is 1.39. The molecule has 1 aliphatic rings. The maximum absolute atomic E-state index is 12.6. The highest BCUT2D eigenvalue weighted by molar-refractivity contribution is 5.79. The van der Waals surface area contributed by atoms with Crippen molar-refractivity contribution < 1.29 is 9.53 Å². The summed E-state index contributed by atoms with van der Waals surface area (Å²) >= 11 is 0. The maximum atomic E-state index is 12.6. The van der Waals surface area contributed by atoms with Gasteiger partial charge in [-0.25, -0.2) is 0 Å². The van der Waals surface area contributed by atoms with E-state index in [1.807, 2.05) is 31.2 Å². The van der Waals surface area contributed by atoms with E-state index in [0.29, 0.717) is 12.5 Å². The van der Waals surface area contributed by atoms with E-state index >= 15 is 0 Å². The number of methoxy groups -OCH3 is 1. The molecule has 0 saturated heterocycles. The smallest absolute Gasteiger partial charge is 0.223 e. The Labute approximate surface area is 155 Å². The van der Waals surface area contributed by atoms with Crippen LogP contribution in [-0.4, -0.2) is 19.6 Å². The van der Waals surface area contributed by atoms with Crippen molar-refractivity contribution in [2.45, 2.75) is 32.2 Å². The number of amides is 1. The van der Waals surface area contributed by atoms with Gasteiger partial charge in [-0.1, -0.05) is 48.9 Å². The average Bonchev–Trinajstić information content (AvgIpc) is 3.17. The quantitative estimate of drug-likeness (QED) is 0.828. The number of nitrogens with one attached hydrogen (secondary N) is 1. The number of carbonyl (C=O) groups excluding carboxylic acids is 1. The molecule has 1 aliphatic carbocycles. The molecular weight excluding hydrogens is 324 g/mol. The third-order valence-corrected chi connectivity index (χ3v) is 5.49. The molecule has 2 aromatic carbocycles. The van der Waals surface area contributed by atoms with Crippen molar-refractivity contribution in [1.29, 1.82) is 0 Å². The number of benzene rings is 2. The Bertz CT molecular complexity index is 742. The second kappa shape index (κ2) is 8.37. The Kier molecular flexibility index (Phi) is 5.94. The largest absolute Gasteiger partial charge is 0.496 e. The monoisotopic (exact) mass is 352 g/mol. The van der Waals surface area contributed by atoms with Crippen LogP contribution < -0.4 is 15.8 Å².